The summed E-state index contributed by atoms with van der Waals surface area (Å²) in [6.45, 7) is 3.28. The Morgan fingerprint density at radius 3 is 2.46 bits per heavy atom. The lowest BCUT2D eigenvalue weighted by atomic mass is 9.86. The predicted molar refractivity (Wildman–Crippen MR) is 87.3 cm³/mol. The van der Waals surface area contributed by atoms with Crippen molar-refractivity contribution in [1.29, 1.82) is 0 Å². The second-order valence-electron chi connectivity index (χ2n) is 7.02. The van der Waals surface area contributed by atoms with Crippen molar-refractivity contribution in [2.24, 2.45) is 5.92 Å². The van der Waals surface area contributed by atoms with Gasteiger partial charge in [0, 0.05) is 5.92 Å². The quantitative estimate of drug-likeness (QED) is 0.629. The van der Waals surface area contributed by atoms with Crippen molar-refractivity contribution in [3.63, 3.8) is 0 Å². The van der Waals surface area contributed by atoms with E-state index in [9.17, 15) is 23.4 Å². The standard InChI is InChI=1S/C16H20N2O7S/c1-8-3-5-10(6-4-8)26(22,23)18-12-11(7-24-18)13(19)16(14(12)20)9(2)25-15(21)17-16/h3-6,9,11-14,19-20H,7H2,1-2H3,(H,17,21)/t9-,11+,12-,13-,14+,16+/m1/s1. The molecule has 2 aliphatic heterocycles. The highest BCUT2D eigenvalue weighted by molar-refractivity contribution is 7.89. The molecule has 2 saturated heterocycles. The molecule has 1 aliphatic carbocycles. The number of hydrogen-bond acceptors (Lipinski definition) is 7. The smallest absolute Gasteiger partial charge is 0.408 e. The SMILES string of the molecule is Cc1ccc(S(=O)(=O)N2OC[C@H]3[C@@H]2[C@H](O)[C@@]2(NC(=O)O[C@@H]2C)[C@@H]3O)cc1. The summed E-state index contributed by atoms with van der Waals surface area (Å²) in [5.41, 5.74) is -0.573. The van der Waals surface area contributed by atoms with Gasteiger partial charge in [-0.25, -0.2) is 13.2 Å². The summed E-state index contributed by atoms with van der Waals surface area (Å²) in [5, 5.41) is 24.1. The summed E-state index contributed by atoms with van der Waals surface area (Å²) in [4.78, 5) is 17.0. The van der Waals surface area contributed by atoms with Gasteiger partial charge in [-0.05, 0) is 26.0 Å². The van der Waals surface area contributed by atoms with Crippen LogP contribution in [0, 0.1) is 12.8 Å². The van der Waals surface area contributed by atoms with E-state index in [1.54, 1.807) is 19.1 Å². The minimum Gasteiger partial charge on any atom is -0.444 e. The van der Waals surface area contributed by atoms with Crippen LogP contribution < -0.4 is 5.32 Å². The summed E-state index contributed by atoms with van der Waals surface area (Å²) < 4.78 is 31.8. The molecule has 142 valence electrons. The molecule has 3 fully saturated rings. The molecule has 0 radical (unpaired) electrons. The first-order valence-corrected chi connectivity index (χ1v) is 9.72. The summed E-state index contributed by atoms with van der Waals surface area (Å²) in [6.07, 6.45) is -4.20. The Morgan fingerprint density at radius 1 is 1.23 bits per heavy atom. The lowest BCUT2D eigenvalue weighted by Gasteiger charge is -2.35. The number of sulfonamides is 1. The first-order valence-electron chi connectivity index (χ1n) is 8.28. The van der Waals surface area contributed by atoms with Gasteiger partial charge in [-0.15, -0.1) is 0 Å². The lowest BCUT2D eigenvalue weighted by Crippen LogP contribution is -2.63. The number of amides is 1. The number of alkyl carbamates (subject to hydrolysis) is 1. The average Bonchev–Trinajstić information content (AvgIpc) is 3.20. The maximum absolute atomic E-state index is 13.0. The van der Waals surface area contributed by atoms with Gasteiger partial charge < -0.3 is 20.3 Å². The van der Waals surface area contributed by atoms with E-state index in [0.717, 1.165) is 10.0 Å². The molecule has 3 N–H and O–H groups in total. The molecule has 1 saturated carbocycles. The Morgan fingerprint density at radius 2 is 1.88 bits per heavy atom. The van der Waals surface area contributed by atoms with E-state index in [4.69, 9.17) is 9.57 Å². The zero-order valence-corrected chi connectivity index (χ0v) is 15.0. The third-order valence-corrected chi connectivity index (χ3v) is 7.31. The number of carbonyl (C=O) groups is 1. The van der Waals surface area contributed by atoms with Crippen LogP contribution in [0.1, 0.15) is 12.5 Å². The van der Waals surface area contributed by atoms with Crippen molar-refractivity contribution in [3.8, 4) is 0 Å². The number of aliphatic hydroxyl groups is 2. The molecule has 0 bridgehead atoms. The summed E-state index contributed by atoms with van der Waals surface area (Å²) in [5.74, 6) is -0.699. The molecule has 6 atom stereocenters. The molecule has 1 aromatic carbocycles. The first kappa shape index (κ1) is 17.7. The van der Waals surface area contributed by atoms with Crippen molar-refractivity contribution in [1.82, 2.24) is 9.79 Å². The van der Waals surface area contributed by atoms with Gasteiger partial charge in [0.25, 0.3) is 10.0 Å². The monoisotopic (exact) mass is 384 g/mol. The highest BCUT2D eigenvalue weighted by Crippen LogP contribution is 2.47. The van der Waals surface area contributed by atoms with Gasteiger partial charge in [0.05, 0.1) is 23.6 Å². The van der Waals surface area contributed by atoms with E-state index < -0.39 is 51.9 Å². The molecular formula is C16H20N2O7S. The van der Waals surface area contributed by atoms with Crippen LogP contribution in [0.25, 0.3) is 0 Å². The number of hydrogen-bond donors (Lipinski definition) is 3. The van der Waals surface area contributed by atoms with E-state index in [-0.39, 0.29) is 11.5 Å². The zero-order chi connectivity index (χ0) is 18.9. The third kappa shape index (κ3) is 2.16. The number of hydroxylamine groups is 1. The summed E-state index contributed by atoms with van der Waals surface area (Å²) >= 11 is 0. The number of rotatable bonds is 2. The van der Waals surface area contributed by atoms with E-state index in [0.29, 0.717) is 0 Å². The highest BCUT2D eigenvalue weighted by atomic mass is 32.2. The van der Waals surface area contributed by atoms with Gasteiger partial charge in [-0.1, -0.05) is 22.2 Å². The van der Waals surface area contributed by atoms with Crippen LogP contribution in [0.2, 0.25) is 0 Å². The van der Waals surface area contributed by atoms with Gasteiger partial charge in [-0.2, -0.15) is 0 Å². The fourth-order valence-corrected chi connectivity index (χ4v) is 5.66. The molecule has 10 heteroatoms. The number of benzene rings is 1. The van der Waals surface area contributed by atoms with Crippen LogP contribution in [0.15, 0.2) is 29.2 Å². The van der Waals surface area contributed by atoms with Crippen LogP contribution in [0.4, 0.5) is 4.79 Å². The molecule has 3 aliphatic rings. The minimum absolute atomic E-state index is 0.0196. The second kappa shape index (κ2) is 5.64. The van der Waals surface area contributed by atoms with Gasteiger partial charge in [0.1, 0.15) is 17.7 Å². The van der Waals surface area contributed by atoms with Crippen molar-refractivity contribution in [3.05, 3.63) is 29.8 Å². The van der Waals surface area contributed by atoms with Crippen molar-refractivity contribution in [2.45, 2.75) is 48.6 Å². The van der Waals surface area contributed by atoms with Gasteiger partial charge in [0.15, 0.2) is 0 Å². The van der Waals surface area contributed by atoms with Crippen molar-refractivity contribution >= 4 is 16.1 Å². The number of fused-ring (bicyclic) bond motifs is 1. The average molecular weight is 384 g/mol. The molecule has 1 amide bonds. The summed E-state index contributed by atoms with van der Waals surface area (Å²) in [7, 11) is -4.06. The zero-order valence-electron chi connectivity index (χ0n) is 14.2. The molecule has 4 rings (SSSR count). The largest absolute Gasteiger partial charge is 0.444 e. The van der Waals surface area contributed by atoms with E-state index in [1.165, 1.54) is 12.1 Å². The number of nitrogens with one attached hydrogen (secondary N) is 1. The van der Waals surface area contributed by atoms with Crippen LogP contribution in [0.3, 0.4) is 0 Å². The lowest BCUT2D eigenvalue weighted by molar-refractivity contribution is -0.105. The normalized spacial score (nSPS) is 39.8. The number of ether oxygens (including phenoxy) is 1. The summed E-state index contributed by atoms with van der Waals surface area (Å²) in [6, 6.07) is 5.19. The fourth-order valence-electron chi connectivity index (χ4n) is 4.18. The second-order valence-corrected chi connectivity index (χ2v) is 8.80. The molecule has 1 aromatic rings. The fraction of sp³-hybridized carbons (Fsp3) is 0.562. The van der Waals surface area contributed by atoms with Crippen LogP contribution in [0.5, 0.6) is 0 Å². The molecule has 0 aromatic heterocycles. The van der Waals surface area contributed by atoms with Crippen LogP contribution in [-0.2, 0) is 19.6 Å². The first-order chi connectivity index (χ1) is 12.2. The Labute approximate surface area is 150 Å². The third-order valence-electron chi connectivity index (χ3n) is 5.61. The molecule has 9 nitrogen and oxygen atoms in total. The predicted octanol–water partition coefficient (Wildman–Crippen LogP) is -0.482. The Balaban J connectivity index is 1.72. The maximum Gasteiger partial charge on any atom is 0.408 e. The van der Waals surface area contributed by atoms with Crippen LogP contribution >= 0.6 is 0 Å². The number of aliphatic hydroxyl groups excluding tert-OH is 2. The van der Waals surface area contributed by atoms with E-state index >= 15 is 0 Å². The number of aryl methyl sites for hydroxylation is 1. The highest BCUT2D eigenvalue weighted by Gasteiger charge is 2.71. The molecule has 0 unspecified atom stereocenters. The molecule has 2 heterocycles. The Hall–Kier alpha value is -1.72. The number of nitrogens with zero attached hydrogens (tertiary/aromatic N) is 1. The molecular weight excluding hydrogens is 364 g/mol. The van der Waals surface area contributed by atoms with Gasteiger partial charge in [-0.3, -0.25) is 4.84 Å². The maximum atomic E-state index is 13.0. The van der Waals surface area contributed by atoms with Gasteiger partial charge in [0.2, 0.25) is 0 Å². The number of cyclic esters (lactones) is 1. The number of carbonyl (C=O) groups excluding carboxylic acids is 1. The van der Waals surface area contributed by atoms with Gasteiger partial charge >= 0.3 is 6.09 Å². The Kier molecular flexibility index (Phi) is 3.83. The van der Waals surface area contributed by atoms with E-state index in [1.807, 2.05) is 6.92 Å². The van der Waals surface area contributed by atoms with Crippen molar-refractivity contribution < 1.29 is 33.0 Å². The molecule has 26 heavy (non-hydrogen) atoms. The van der Waals surface area contributed by atoms with Crippen molar-refractivity contribution in [2.75, 3.05) is 6.61 Å². The Bertz CT molecular complexity index is 843. The van der Waals surface area contributed by atoms with Crippen LogP contribution in [-0.4, -0.2) is 65.7 Å². The minimum atomic E-state index is -4.06. The van der Waals surface area contributed by atoms with E-state index in [2.05, 4.69) is 5.32 Å². The topological polar surface area (TPSA) is 125 Å². The molecule has 1 spiro atoms.